The SMILES string of the molecule is O=C(N[C@H]1CN2CCC1CC2)c1ccc(-c2cccc(NC(=O)C(F)(F)F)c2)o1. The maximum absolute atomic E-state index is 12.6. The molecule has 0 spiro atoms. The minimum absolute atomic E-state index is 0.0143. The molecule has 1 aromatic carbocycles. The Balaban J connectivity index is 1.44. The van der Waals surface area contributed by atoms with Crippen LogP contribution in [-0.4, -0.2) is 48.6 Å². The van der Waals surface area contributed by atoms with Crippen LogP contribution >= 0.6 is 0 Å². The van der Waals surface area contributed by atoms with Crippen LogP contribution in [0, 0.1) is 5.92 Å². The molecule has 5 rings (SSSR count). The Morgan fingerprint density at radius 3 is 2.52 bits per heavy atom. The number of carbonyl (C=O) groups is 2. The number of amides is 2. The summed E-state index contributed by atoms with van der Waals surface area (Å²) in [7, 11) is 0. The lowest BCUT2D eigenvalue weighted by molar-refractivity contribution is -0.167. The highest BCUT2D eigenvalue weighted by molar-refractivity contribution is 5.95. The van der Waals surface area contributed by atoms with Crippen LogP contribution < -0.4 is 10.6 Å². The number of halogens is 3. The largest absolute Gasteiger partial charge is 0.471 e. The van der Waals surface area contributed by atoms with Crippen LogP contribution in [0.2, 0.25) is 0 Å². The highest BCUT2D eigenvalue weighted by atomic mass is 19.4. The van der Waals surface area contributed by atoms with Gasteiger partial charge in [-0.3, -0.25) is 9.59 Å². The van der Waals surface area contributed by atoms with Crippen molar-refractivity contribution in [1.82, 2.24) is 10.2 Å². The molecule has 2 bridgehead atoms. The topological polar surface area (TPSA) is 74.6 Å². The van der Waals surface area contributed by atoms with Gasteiger partial charge in [-0.25, -0.2) is 0 Å². The number of hydrogen-bond donors (Lipinski definition) is 2. The number of nitrogens with zero attached hydrogens (tertiary/aromatic N) is 1. The van der Waals surface area contributed by atoms with Crippen LogP contribution in [0.4, 0.5) is 18.9 Å². The molecular weight excluding hydrogens is 387 g/mol. The molecule has 0 radical (unpaired) electrons. The van der Waals surface area contributed by atoms with E-state index in [0.717, 1.165) is 32.5 Å². The first-order valence-electron chi connectivity index (χ1n) is 9.41. The second-order valence-corrected chi connectivity index (χ2v) is 7.41. The number of anilines is 1. The summed E-state index contributed by atoms with van der Waals surface area (Å²) in [5.41, 5.74) is 0.436. The fourth-order valence-electron chi connectivity index (χ4n) is 3.94. The van der Waals surface area contributed by atoms with Gasteiger partial charge in [-0.05, 0) is 56.1 Å². The number of fused-ring (bicyclic) bond motifs is 3. The molecule has 3 aliphatic heterocycles. The van der Waals surface area contributed by atoms with Gasteiger partial charge in [0.2, 0.25) is 0 Å². The monoisotopic (exact) mass is 407 g/mol. The third-order valence-corrected chi connectivity index (χ3v) is 5.46. The van der Waals surface area contributed by atoms with Crippen molar-refractivity contribution >= 4 is 17.5 Å². The highest BCUT2D eigenvalue weighted by Gasteiger charge is 2.38. The number of alkyl halides is 3. The van der Waals surface area contributed by atoms with Crippen LogP contribution in [0.3, 0.4) is 0 Å². The lowest BCUT2D eigenvalue weighted by Crippen LogP contribution is -2.57. The smallest absolute Gasteiger partial charge is 0.451 e. The summed E-state index contributed by atoms with van der Waals surface area (Å²) >= 11 is 0. The molecule has 1 aromatic heterocycles. The zero-order chi connectivity index (χ0) is 20.6. The maximum atomic E-state index is 12.6. The molecule has 154 valence electrons. The minimum atomic E-state index is -4.97. The van der Waals surface area contributed by atoms with Gasteiger partial charge in [-0.1, -0.05) is 12.1 Å². The van der Waals surface area contributed by atoms with E-state index in [9.17, 15) is 22.8 Å². The summed E-state index contributed by atoms with van der Waals surface area (Å²) in [6.45, 7) is 2.98. The summed E-state index contributed by atoms with van der Waals surface area (Å²) in [5.74, 6) is -1.41. The molecule has 0 unspecified atom stereocenters. The molecule has 29 heavy (non-hydrogen) atoms. The van der Waals surface area contributed by atoms with E-state index in [1.54, 1.807) is 17.4 Å². The van der Waals surface area contributed by atoms with Crippen LogP contribution in [0.25, 0.3) is 11.3 Å². The number of hydrogen-bond acceptors (Lipinski definition) is 4. The fraction of sp³-hybridized carbons (Fsp3) is 0.400. The molecule has 4 heterocycles. The van der Waals surface area contributed by atoms with Gasteiger partial charge in [0.1, 0.15) is 5.76 Å². The summed E-state index contributed by atoms with van der Waals surface area (Å²) in [4.78, 5) is 26.0. The lowest BCUT2D eigenvalue weighted by Gasteiger charge is -2.44. The van der Waals surface area contributed by atoms with E-state index in [1.165, 1.54) is 24.3 Å². The number of rotatable bonds is 4. The number of nitrogens with one attached hydrogen (secondary N) is 2. The molecule has 3 aliphatic rings. The third kappa shape index (κ3) is 4.29. The van der Waals surface area contributed by atoms with Crippen molar-refractivity contribution in [2.24, 2.45) is 5.92 Å². The molecule has 2 aromatic rings. The Morgan fingerprint density at radius 2 is 1.86 bits per heavy atom. The summed E-state index contributed by atoms with van der Waals surface area (Å²) in [5, 5.41) is 4.83. The first-order chi connectivity index (χ1) is 13.8. The molecule has 1 atom stereocenters. The number of piperidine rings is 3. The van der Waals surface area contributed by atoms with Gasteiger partial charge < -0.3 is 20.0 Å². The quantitative estimate of drug-likeness (QED) is 0.816. The molecule has 3 fully saturated rings. The normalized spacial score (nSPS) is 23.6. The zero-order valence-corrected chi connectivity index (χ0v) is 15.5. The molecule has 2 amide bonds. The lowest BCUT2D eigenvalue weighted by atomic mass is 9.84. The second kappa shape index (κ2) is 7.55. The van der Waals surface area contributed by atoms with Crippen molar-refractivity contribution in [3.63, 3.8) is 0 Å². The van der Waals surface area contributed by atoms with E-state index in [4.69, 9.17) is 4.42 Å². The summed E-state index contributed by atoms with van der Waals surface area (Å²) < 4.78 is 42.9. The van der Waals surface area contributed by atoms with Gasteiger partial charge in [0.15, 0.2) is 5.76 Å². The predicted molar refractivity (Wildman–Crippen MR) is 99.2 cm³/mol. The van der Waals surface area contributed by atoms with E-state index in [2.05, 4.69) is 10.2 Å². The molecule has 9 heteroatoms. The van der Waals surface area contributed by atoms with E-state index in [0.29, 0.717) is 17.2 Å². The van der Waals surface area contributed by atoms with E-state index in [-0.39, 0.29) is 23.4 Å². The first kappa shape index (κ1) is 19.5. The number of benzene rings is 1. The van der Waals surface area contributed by atoms with Crippen molar-refractivity contribution in [3.05, 3.63) is 42.2 Å². The molecule has 0 aliphatic carbocycles. The van der Waals surface area contributed by atoms with Gasteiger partial charge in [0, 0.05) is 23.8 Å². The Kier molecular flexibility index (Phi) is 5.08. The average Bonchev–Trinajstić information content (AvgIpc) is 3.19. The van der Waals surface area contributed by atoms with Crippen molar-refractivity contribution in [2.75, 3.05) is 25.0 Å². The Hall–Kier alpha value is -2.81. The Morgan fingerprint density at radius 1 is 1.10 bits per heavy atom. The first-order valence-corrected chi connectivity index (χ1v) is 9.41. The molecule has 2 N–H and O–H groups in total. The average molecular weight is 407 g/mol. The highest BCUT2D eigenvalue weighted by Crippen LogP contribution is 2.29. The van der Waals surface area contributed by atoms with Crippen LogP contribution in [0.1, 0.15) is 23.4 Å². The minimum Gasteiger partial charge on any atom is -0.451 e. The van der Waals surface area contributed by atoms with E-state index in [1.807, 2.05) is 0 Å². The predicted octanol–water partition coefficient (Wildman–Crippen LogP) is 3.27. The molecule has 6 nitrogen and oxygen atoms in total. The second-order valence-electron chi connectivity index (χ2n) is 7.41. The number of carbonyl (C=O) groups excluding carboxylic acids is 2. The van der Waals surface area contributed by atoms with Crippen molar-refractivity contribution in [3.8, 4) is 11.3 Å². The van der Waals surface area contributed by atoms with Crippen LogP contribution in [-0.2, 0) is 4.79 Å². The van der Waals surface area contributed by atoms with Crippen LogP contribution in [0.5, 0.6) is 0 Å². The summed E-state index contributed by atoms with van der Waals surface area (Å²) in [6.07, 6.45) is -2.82. The van der Waals surface area contributed by atoms with Crippen molar-refractivity contribution in [2.45, 2.75) is 25.1 Å². The molecule has 3 saturated heterocycles. The van der Waals surface area contributed by atoms with Gasteiger partial charge in [0.25, 0.3) is 5.91 Å². The van der Waals surface area contributed by atoms with Crippen LogP contribution in [0.15, 0.2) is 40.8 Å². The number of furan rings is 1. The third-order valence-electron chi connectivity index (χ3n) is 5.46. The molecule has 0 saturated carbocycles. The zero-order valence-electron chi connectivity index (χ0n) is 15.5. The van der Waals surface area contributed by atoms with E-state index >= 15 is 0 Å². The fourth-order valence-corrected chi connectivity index (χ4v) is 3.94. The molecular formula is C20H20F3N3O3. The standard InChI is InChI=1S/C20H20F3N3O3/c21-20(22,23)19(28)24-14-3-1-2-13(10-14)16-4-5-17(29-16)18(27)25-15-11-26-8-6-12(15)7-9-26/h1-5,10,12,15H,6-9,11H2,(H,24,28)(H,25,27)/t15-/m0/s1. The van der Waals surface area contributed by atoms with Crippen molar-refractivity contribution < 1.29 is 27.2 Å². The van der Waals surface area contributed by atoms with Crippen molar-refractivity contribution in [1.29, 1.82) is 0 Å². The van der Waals surface area contributed by atoms with Gasteiger partial charge in [-0.2, -0.15) is 13.2 Å². The Labute approximate surface area is 165 Å². The van der Waals surface area contributed by atoms with E-state index < -0.39 is 12.1 Å². The Bertz CT molecular complexity index is 917. The maximum Gasteiger partial charge on any atom is 0.471 e. The van der Waals surface area contributed by atoms with Gasteiger partial charge in [0.05, 0.1) is 0 Å². The summed E-state index contributed by atoms with van der Waals surface area (Å²) in [6, 6.07) is 9.03. The van der Waals surface area contributed by atoms with Gasteiger partial charge >= 0.3 is 12.1 Å². The van der Waals surface area contributed by atoms with Gasteiger partial charge in [-0.15, -0.1) is 0 Å².